The number of nitrogens with zero attached hydrogens (tertiary/aromatic N) is 1. The molecule has 0 saturated heterocycles. The number of thioether (sulfide) groups is 1. The third-order valence-electron chi connectivity index (χ3n) is 1.91. The molecule has 0 spiro atoms. The fourth-order valence-corrected chi connectivity index (χ4v) is 1.73. The third kappa shape index (κ3) is 4.54. The van der Waals surface area contributed by atoms with Gasteiger partial charge in [-0.2, -0.15) is 0 Å². The number of hydrogen-bond donors (Lipinski definition) is 2. The van der Waals surface area contributed by atoms with Crippen LogP contribution in [0.5, 0.6) is 0 Å². The monoisotopic (exact) mass is 288 g/mol. The van der Waals surface area contributed by atoms with E-state index in [4.69, 9.17) is 5.11 Å². The molecule has 0 unspecified atom stereocenters. The second kappa shape index (κ2) is 6.69. The van der Waals surface area contributed by atoms with Crippen molar-refractivity contribution in [2.24, 2.45) is 0 Å². The molecule has 1 aromatic carbocycles. The molecule has 0 radical (unpaired) electrons. The first-order valence-corrected chi connectivity index (χ1v) is 6.09. The Balaban J connectivity index is 2.73. The predicted octanol–water partition coefficient (Wildman–Crippen LogP) is 1.49. The number of hydrogen-bond acceptors (Lipinski definition) is 5. The maximum Gasteiger partial charge on any atom is 0.313 e. The summed E-state index contributed by atoms with van der Waals surface area (Å²) in [5.74, 6) is -3.25. The zero-order chi connectivity index (χ0) is 14.4. The van der Waals surface area contributed by atoms with E-state index in [0.717, 1.165) is 30.0 Å². The van der Waals surface area contributed by atoms with Crippen LogP contribution in [0.3, 0.4) is 0 Å². The molecule has 9 heteroatoms. The number of aliphatic carboxylic acids is 1. The normalized spacial score (nSPS) is 9.95. The molecule has 0 atom stereocenters. The van der Waals surface area contributed by atoms with E-state index >= 15 is 0 Å². The minimum Gasteiger partial charge on any atom is -0.481 e. The fourth-order valence-electron chi connectivity index (χ4n) is 1.20. The van der Waals surface area contributed by atoms with Crippen LogP contribution in [0.25, 0.3) is 0 Å². The van der Waals surface area contributed by atoms with Gasteiger partial charge in [0.05, 0.1) is 16.4 Å². The summed E-state index contributed by atoms with van der Waals surface area (Å²) in [7, 11) is 0. The lowest BCUT2D eigenvalue weighted by molar-refractivity contribution is -0.384. The zero-order valence-corrected chi connectivity index (χ0v) is 10.3. The van der Waals surface area contributed by atoms with Crippen LogP contribution in [-0.4, -0.2) is 33.4 Å². The lowest BCUT2D eigenvalue weighted by Crippen LogP contribution is -2.17. The third-order valence-corrected chi connectivity index (χ3v) is 2.83. The minimum absolute atomic E-state index is 0.238. The Hall–Kier alpha value is -2.16. The number of benzene rings is 1. The summed E-state index contributed by atoms with van der Waals surface area (Å²) in [4.78, 5) is 31.5. The van der Waals surface area contributed by atoms with Crippen molar-refractivity contribution in [3.05, 3.63) is 34.1 Å². The number of nitro benzene ring substituents is 1. The molecule has 0 aliphatic carbocycles. The second-order valence-corrected chi connectivity index (χ2v) is 4.31. The van der Waals surface area contributed by atoms with E-state index in [1.165, 1.54) is 0 Å². The lowest BCUT2D eigenvalue weighted by atomic mass is 10.2. The van der Waals surface area contributed by atoms with E-state index in [0.29, 0.717) is 0 Å². The highest BCUT2D eigenvalue weighted by atomic mass is 32.2. The Morgan fingerprint density at radius 3 is 2.68 bits per heavy atom. The van der Waals surface area contributed by atoms with Gasteiger partial charge in [0, 0.05) is 6.07 Å². The Bertz CT molecular complexity index is 523. The minimum atomic E-state index is -1.09. The van der Waals surface area contributed by atoms with E-state index < -0.39 is 34.0 Å². The van der Waals surface area contributed by atoms with Crippen molar-refractivity contribution in [3.63, 3.8) is 0 Å². The van der Waals surface area contributed by atoms with Crippen LogP contribution in [-0.2, 0) is 9.59 Å². The van der Waals surface area contributed by atoms with E-state index in [-0.39, 0.29) is 11.5 Å². The number of carboxylic acid groups (broad SMARTS) is 1. The molecule has 1 aromatic rings. The summed E-state index contributed by atoms with van der Waals surface area (Å²) in [5, 5.41) is 21.1. The van der Waals surface area contributed by atoms with E-state index in [1.54, 1.807) is 0 Å². The van der Waals surface area contributed by atoms with Gasteiger partial charge in [0.15, 0.2) is 11.5 Å². The van der Waals surface area contributed by atoms with Crippen molar-refractivity contribution in [3.8, 4) is 0 Å². The first-order chi connectivity index (χ1) is 8.91. The van der Waals surface area contributed by atoms with Gasteiger partial charge in [0.2, 0.25) is 5.91 Å². The van der Waals surface area contributed by atoms with E-state index in [9.17, 15) is 24.1 Å². The van der Waals surface area contributed by atoms with Crippen LogP contribution < -0.4 is 5.32 Å². The summed E-state index contributed by atoms with van der Waals surface area (Å²) >= 11 is 0.805. The Labute approximate surface area is 110 Å². The van der Waals surface area contributed by atoms with Gasteiger partial charge in [-0.25, -0.2) is 4.39 Å². The summed E-state index contributed by atoms with van der Waals surface area (Å²) in [5.41, 5.74) is -1.08. The maximum atomic E-state index is 13.4. The molecule has 1 amide bonds. The van der Waals surface area contributed by atoms with E-state index in [2.05, 4.69) is 5.32 Å². The number of nitrogens with one attached hydrogen (secondary N) is 1. The first kappa shape index (κ1) is 14.9. The molecule has 1 rings (SSSR count). The van der Waals surface area contributed by atoms with Gasteiger partial charge in [-0.3, -0.25) is 19.7 Å². The second-order valence-electron chi connectivity index (χ2n) is 3.33. The number of carbonyl (C=O) groups excluding carboxylic acids is 1. The Morgan fingerprint density at radius 2 is 2.11 bits per heavy atom. The highest BCUT2D eigenvalue weighted by Gasteiger charge is 2.19. The van der Waals surface area contributed by atoms with Gasteiger partial charge in [-0.1, -0.05) is 6.07 Å². The highest BCUT2D eigenvalue weighted by Crippen LogP contribution is 2.26. The molecule has 0 aliphatic heterocycles. The average molecular weight is 288 g/mol. The number of halogens is 1. The van der Waals surface area contributed by atoms with Gasteiger partial charge in [-0.15, -0.1) is 11.8 Å². The number of amides is 1. The summed E-state index contributed by atoms with van der Waals surface area (Å²) in [6.45, 7) is 0. The molecular weight excluding hydrogens is 279 g/mol. The molecule has 19 heavy (non-hydrogen) atoms. The van der Waals surface area contributed by atoms with Crippen molar-refractivity contribution in [1.29, 1.82) is 0 Å². The molecule has 7 nitrogen and oxygen atoms in total. The molecule has 0 aliphatic rings. The topological polar surface area (TPSA) is 110 Å². The highest BCUT2D eigenvalue weighted by molar-refractivity contribution is 8.00. The Kier molecular flexibility index (Phi) is 5.24. The summed E-state index contributed by atoms with van der Waals surface area (Å²) in [6.07, 6.45) is 0. The van der Waals surface area contributed by atoms with Gasteiger partial charge >= 0.3 is 5.97 Å². The number of anilines is 1. The lowest BCUT2D eigenvalue weighted by Gasteiger charge is -2.06. The van der Waals surface area contributed by atoms with Gasteiger partial charge in [0.25, 0.3) is 5.69 Å². The largest absolute Gasteiger partial charge is 0.481 e. The number of para-hydroxylation sites is 1. The van der Waals surface area contributed by atoms with Crippen LogP contribution in [0.4, 0.5) is 15.8 Å². The molecule has 2 N–H and O–H groups in total. The molecule has 102 valence electrons. The van der Waals surface area contributed by atoms with Crippen molar-refractivity contribution in [1.82, 2.24) is 0 Å². The molecular formula is C10H9FN2O5S. The van der Waals surface area contributed by atoms with Crippen molar-refractivity contribution in [2.45, 2.75) is 0 Å². The van der Waals surface area contributed by atoms with E-state index in [1.807, 2.05) is 0 Å². The standard InChI is InChI=1S/C10H9FN2O5S/c11-6-2-1-3-7(13(17)18)10(6)12-8(14)4-19-5-9(15)16/h1-3H,4-5H2,(H,12,14)(H,15,16). The quantitative estimate of drug-likeness (QED) is 0.606. The van der Waals surface area contributed by atoms with Crippen LogP contribution in [0, 0.1) is 15.9 Å². The van der Waals surface area contributed by atoms with Crippen molar-refractivity contribution >= 4 is 35.0 Å². The number of carbonyl (C=O) groups is 2. The number of rotatable bonds is 6. The molecule has 0 aromatic heterocycles. The van der Waals surface area contributed by atoms with Crippen molar-refractivity contribution in [2.75, 3.05) is 16.8 Å². The zero-order valence-electron chi connectivity index (χ0n) is 9.46. The summed E-state index contributed by atoms with van der Waals surface area (Å²) in [6, 6.07) is 3.19. The number of carboxylic acids is 1. The molecule has 0 bridgehead atoms. The molecule has 0 saturated carbocycles. The maximum absolute atomic E-state index is 13.4. The fraction of sp³-hybridized carbons (Fsp3) is 0.200. The van der Waals surface area contributed by atoms with Crippen LogP contribution >= 0.6 is 11.8 Å². The van der Waals surface area contributed by atoms with Crippen LogP contribution in [0.2, 0.25) is 0 Å². The SMILES string of the molecule is O=C(O)CSCC(=O)Nc1c(F)cccc1[N+](=O)[O-]. The average Bonchev–Trinajstić information content (AvgIpc) is 2.30. The van der Waals surface area contributed by atoms with Crippen LogP contribution in [0.1, 0.15) is 0 Å². The smallest absolute Gasteiger partial charge is 0.313 e. The summed E-state index contributed by atoms with van der Waals surface area (Å²) < 4.78 is 13.4. The number of nitro groups is 1. The van der Waals surface area contributed by atoms with Gasteiger partial charge in [0.1, 0.15) is 0 Å². The van der Waals surface area contributed by atoms with Gasteiger partial charge in [-0.05, 0) is 6.07 Å². The molecule has 0 heterocycles. The van der Waals surface area contributed by atoms with Crippen LogP contribution in [0.15, 0.2) is 18.2 Å². The van der Waals surface area contributed by atoms with Crippen molar-refractivity contribution < 1.29 is 24.0 Å². The molecule has 0 fully saturated rings. The Morgan fingerprint density at radius 1 is 1.42 bits per heavy atom. The first-order valence-electron chi connectivity index (χ1n) is 4.94. The van der Waals surface area contributed by atoms with Gasteiger partial charge < -0.3 is 10.4 Å². The predicted molar refractivity (Wildman–Crippen MR) is 66.6 cm³/mol.